The monoisotopic (exact) mass is 602 g/mol. The molecule has 4 rings (SSSR count). The van der Waals surface area contributed by atoms with E-state index in [9.17, 15) is 22.7 Å². The molecular weight excluding hydrogens is 559 g/mol. The highest BCUT2D eigenvalue weighted by Gasteiger charge is 2.45. The van der Waals surface area contributed by atoms with Gasteiger partial charge in [-0.15, -0.1) is 0 Å². The Morgan fingerprint density at radius 2 is 1.83 bits per heavy atom. The maximum absolute atomic E-state index is 14.0. The molecule has 0 aliphatic carbocycles. The number of hydrogen-bond acceptors (Lipinski definition) is 6. The predicted octanol–water partition coefficient (Wildman–Crippen LogP) is 6.39. The summed E-state index contributed by atoms with van der Waals surface area (Å²) in [4.78, 5) is 17.2. The molecule has 10 heteroatoms. The minimum absolute atomic E-state index is 0.0606. The van der Waals surface area contributed by atoms with Crippen LogP contribution in [0.5, 0.6) is 0 Å². The second-order valence-electron chi connectivity index (χ2n) is 13.2. The quantitative estimate of drug-likeness (QED) is 0.391. The zero-order valence-corrected chi connectivity index (χ0v) is 26.6. The summed E-state index contributed by atoms with van der Waals surface area (Å²) in [5.74, 6) is -2.68. The van der Waals surface area contributed by atoms with E-state index in [1.165, 1.54) is 22.7 Å². The van der Waals surface area contributed by atoms with Crippen LogP contribution in [-0.2, 0) is 30.7 Å². The number of rotatable bonds is 7. The van der Waals surface area contributed by atoms with E-state index in [1.807, 2.05) is 46.8 Å². The Balaban J connectivity index is 1.88. The zero-order valence-electron chi connectivity index (χ0n) is 25.8. The van der Waals surface area contributed by atoms with E-state index >= 15 is 0 Å². The van der Waals surface area contributed by atoms with Crippen molar-refractivity contribution in [3.63, 3.8) is 0 Å². The van der Waals surface area contributed by atoms with Crippen molar-refractivity contribution in [2.24, 2.45) is 11.3 Å². The molecule has 8 nitrogen and oxygen atoms in total. The van der Waals surface area contributed by atoms with Gasteiger partial charge in [0, 0.05) is 24.1 Å². The number of pyridine rings is 1. The van der Waals surface area contributed by atoms with E-state index in [0.717, 1.165) is 22.3 Å². The second kappa shape index (κ2) is 11.7. The molecule has 1 aromatic heterocycles. The highest BCUT2D eigenvalue weighted by Crippen LogP contribution is 2.43. The first-order chi connectivity index (χ1) is 19.4. The number of aromatic nitrogens is 1. The van der Waals surface area contributed by atoms with Crippen LogP contribution in [0.1, 0.15) is 84.0 Å². The Morgan fingerprint density at radius 1 is 1.19 bits per heavy atom. The summed E-state index contributed by atoms with van der Waals surface area (Å²) in [5.41, 5.74) is 3.35. The van der Waals surface area contributed by atoms with Crippen molar-refractivity contribution in [2.45, 2.75) is 91.6 Å². The molecule has 1 saturated heterocycles. The first kappa shape index (κ1) is 32.1. The van der Waals surface area contributed by atoms with Crippen LogP contribution in [0.25, 0.3) is 17.2 Å². The summed E-state index contributed by atoms with van der Waals surface area (Å²) in [5, 5.41) is 10.1. The van der Waals surface area contributed by atoms with Gasteiger partial charge in [-0.3, -0.25) is 9.10 Å². The van der Waals surface area contributed by atoms with E-state index in [0.29, 0.717) is 37.3 Å². The fourth-order valence-electron chi connectivity index (χ4n) is 6.17. The average Bonchev–Trinajstić information content (AvgIpc) is 2.84. The minimum atomic E-state index is -3.57. The molecular formula is C32H43FN2O6S. The van der Waals surface area contributed by atoms with Gasteiger partial charge in [0.1, 0.15) is 11.6 Å². The SMILES string of the molecule is CC(C)c1nc2c(c(-c3ccc(F)cc3)c1/C=C/C1CC([C@@H](C(=O)O)C(C)(C)C)OC(C)(C)O1)CCCN2S(C)(=O)=O. The number of nitrogens with zero attached hydrogens (tertiary/aromatic N) is 2. The van der Waals surface area contributed by atoms with Gasteiger partial charge in [0.15, 0.2) is 5.79 Å². The largest absolute Gasteiger partial charge is 0.481 e. The lowest BCUT2D eigenvalue weighted by Gasteiger charge is -2.44. The van der Waals surface area contributed by atoms with Crippen LogP contribution in [0.2, 0.25) is 0 Å². The van der Waals surface area contributed by atoms with Crippen LogP contribution in [0.4, 0.5) is 10.2 Å². The number of halogens is 1. The number of carboxylic acid groups (broad SMARTS) is 1. The molecule has 3 atom stereocenters. The lowest BCUT2D eigenvalue weighted by molar-refractivity contribution is -0.302. The maximum Gasteiger partial charge on any atom is 0.309 e. The van der Waals surface area contributed by atoms with Gasteiger partial charge in [0.25, 0.3) is 0 Å². The molecule has 0 radical (unpaired) electrons. The Kier molecular flexibility index (Phi) is 8.94. The van der Waals surface area contributed by atoms with Gasteiger partial charge in [0.2, 0.25) is 10.0 Å². The van der Waals surface area contributed by atoms with E-state index < -0.39 is 45.3 Å². The van der Waals surface area contributed by atoms with E-state index in [4.69, 9.17) is 14.5 Å². The van der Waals surface area contributed by atoms with Crippen molar-refractivity contribution in [3.8, 4) is 11.1 Å². The molecule has 3 heterocycles. The number of fused-ring (bicyclic) bond motifs is 1. The molecule has 2 aromatic rings. The summed E-state index contributed by atoms with van der Waals surface area (Å²) in [7, 11) is -3.57. The highest BCUT2D eigenvalue weighted by atomic mass is 32.2. The number of sulfonamides is 1. The standard InChI is InChI=1S/C32H43FN2O6S/c1-19(2)28-23(16-15-22-18-25(41-32(6,7)40-22)27(30(36)37)31(3,4)5)26(20-11-13-21(33)14-12-20)24-10-9-17-35(29(24)34-28)42(8,38)39/h11-16,19,22,25,27H,9-10,17-18H2,1-8H3,(H,36,37)/b16-15+/t22?,25?,27-/m0/s1. The van der Waals surface area contributed by atoms with Gasteiger partial charge in [0.05, 0.1) is 30.1 Å². The fourth-order valence-corrected chi connectivity index (χ4v) is 7.09. The van der Waals surface area contributed by atoms with Gasteiger partial charge in [-0.2, -0.15) is 0 Å². The van der Waals surface area contributed by atoms with Crippen LogP contribution in [0.3, 0.4) is 0 Å². The highest BCUT2D eigenvalue weighted by molar-refractivity contribution is 7.92. The molecule has 230 valence electrons. The van der Waals surface area contributed by atoms with Crippen molar-refractivity contribution < 1.29 is 32.2 Å². The van der Waals surface area contributed by atoms with Crippen LogP contribution < -0.4 is 4.31 Å². The third-order valence-corrected chi connectivity index (χ3v) is 8.99. The molecule has 1 N–H and O–H groups in total. The number of carbonyl (C=O) groups is 1. The molecule has 0 saturated carbocycles. The molecule has 2 unspecified atom stereocenters. The molecule has 2 aliphatic heterocycles. The second-order valence-corrected chi connectivity index (χ2v) is 15.1. The predicted molar refractivity (Wildman–Crippen MR) is 162 cm³/mol. The Labute approximate surface area is 249 Å². The molecule has 0 amide bonds. The van der Waals surface area contributed by atoms with Crippen molar-refractivity contribution in [2.75, 3.05) is 17.1 Å². The third kappa shape index (κ3) is 6.87. The first-order valence-corrected chi connectivity index (χ1v) is 16.3. The summed E-state index contributed by atoms with van der Waals surface area (Å²) in [6, 6.07) is 6.21. The third-order valence-electron chi connectivity index (χ3n) is 7.83. The number of carboxylic acids is 1. The van der Waals surface area contributed by atoms with E-state index in [1.54, 1.807) is 26.0 Å². The minimum Gasteiger partial charge on any atom is -0.481 e. The van der Waals surface area contributed by atoms with Crippen molar-refractivity contribution >= 4 is 27.9 Å². The smallest absolute Gasteiger partial charge is 0.309 e. The number of ether oxygens (including phenoxy) is 2. The first-order valence-electron chi connectivity index (χ1n) is 14.5. The molecule has 0 bridgehead atoms. The van der Waals surface area contributed by atoms with Crippen LogP contribution in [0, 0.1) is 17.2 Å². The number of benzene rings is 1. The van der Waals surface area contributed by atoms with Gasteiger partial charge >= 0.3 is 5.97 Å². The van der Waals surface area contributed by atoms with Crippen molar-refractivity contribution in [3.05, 3.63) is 53.0 Å². The molecule has 1 aromatic carbocycles. The molecule has 42 heavy (non-hydrogen) atoms. The number of aliphatic carboxylic acids is 1. The van der Waals surface area contributed by atoms with Crippen LogP contribution in [0.15, 0.2) is 30.3 Å². The summed E-state index contributed by atoms with van der Waals surface area (Å²) in [6.07, 6.45) is 5.61. The number of anilines is 1. The average molecular weight is 603 g/mol. The van der Waals surface area contributed by atoms with Gasteiger partial charge in [-0.05, 0) is 61.3 Å². The molecule has 2 aliphatic rings. The van der Waals surface area contributed by atoms with Crippen molar-refractivity contribution in [1.29, 1.82) is 0 Å². The van der Waals surface area contributed by atoms with E-state index in [2.05, 4.69) is 0 Å². The van der Waals surface area contributed by atoms with Crippen molar-refractivity contribution in [1.82, 2.24) is 4.98 Å². The van der Waals surface area contributed by atoms with Gasteiger partial charge < -0.3 is 14.6 Å². The lowest BCUT2D eigenvalue weighted by Crippen LogP contribution is -2.51. The summed E-state index contributed by atoms with van der Waals surface area (Å²) in [6.45, 7) is 13.6. The Bertz CT molecular complexity index is 1460. The molecule has 1 fully saturated rings. The van der Waals surface area contributed by atoms with Crippen LogP contribution >= 0.6 is 0 Å². The Morgan fingerprint density at radius 3 is 2.38 bits per heavy atom. The van der Waals surface area contributed by atoms with E-state index in [-0.39, 0.29) is 11.7 Å². The zero-order chi connectivity index (χ0) is 31.2. The van der Waals surface area contributed by atoms with Gasteiger partial charge in [-0.25, -0.2) is 17.8 Å². The molecule has 0 spiro atoms. The van der Waals surface area contributed by atoms with Gasteiger partial charge in [-0.1, -0.05) is 58.9 Å². The fraction of sp³-hybridized carbons (Fsp3) is 0.562. The summed E-state index contributed by atoms with van der Waals surface area (Å²) < 4.78 is 53.3. The summed E-state index contributed by atoms with van der Waals surface area (Å²) >= 11 is 0. The number of hydrogen-bond donors (Lipinski definition) is 1. The Hall–Kier alpha value is -2.82. The maximum atomic E-state index is 14.0. The topological polar surface area (TPSA) is 106 Å². The lowest BCUT2D eigenvalue weighted by atomic mass is 9.75. The van der Waals surface area contributed by atoms with Crippen LogP contribution in [-0.4, -0.2) is 55.3 Å². The normalized spacial score (nSPS) is 21.9.